The van der Waals surface area contributed by atoms with Crippen LogP contribution >= 0.6 is 0 Å². The molecule has 0 fully saturated rings. The highest BCUT2D eigenvalue weighted by Gasteiger charge is 2.01. The lowest BCUT2D eigenvalue weighted by Crippen LogP contribution is -1.96. The minimum atomic E-state index is 1.08. The van der Waals surface area contributed by atoms with Crippen LogP contribution in [-0.2, 0) is 0 Å². The molecule has 0 aliphatic carbocycles. The molecule has 86 valence electrons. The summed E-state index contributed by atoms with van der Waals surface area (Å²) in [5.74, 6) is 0. The van der Waals surface area contributed by atoms with Gasteiger partial charge < -0.3 is 5.32 Å². The van der Waals surface area contributed by atoms with Gasteiger partial charge in [-0.25, -0.2) is 0 Å². The highest BCUT2D eigenvalue weighted by atomic mass is 14.9. The fraction of sp³-hybridized carbons (Fsp3) is 0.133. The van der Waals surface area contributed by atoms with Gasteiger partial charge in [0.1, 0.15) is 0 Å². The van der Waals surface area contributed by atoms with Gasteiger partial charge in [0.05, 0.1) is 0 Å². The maximum Gasteiger partial charge on any atom is 0.0473 e. The third-order valence-corrected chi connectivity index (χ3v) is 2.64. The van der Waals surface area contributed by atoms with Crippen LogP contribution < -0.4 is 5.32 Å². The number of rotatable bonds is 3. The zero-order chi connectivity index (χ0) is 12.1. The molecule has 0 heterocycles. The van der Waals surface area contributed by atoms with E-state index in [1.54, 1.807) is 7.05 Å². The number of para-hydroxylation sites is 2. The van der Waals surface area contributed by atoms with Gasteiger partial charge in [0.2, 0.25) is 0 Å². The zero-order valence-electron chi connectivity index (χ0n) is 10.1. The first kappa shape index (κ1) is 11.4. The van der Waals surface area contributed by atoms with Crippen molar-refractivity contribution in [2.45, 2.75) is 6.92 Å². The normalized spacial score (nSPS) is 10.7. The molecule has 0 radical (unpaired) electrons. The molecule has 0 atom stereocenters. The van der Waals surface area contributed by atoms with E-state index in [0.29, 0.717) is 0 Å². The van der Waals surface area contributed by atoms with Gasteiger partial charge in [-0.1, -0.05) is 36.4 Å². The summed E-state index contributed by atoms with van der Waals surface area (Å²) in [7, 11) is 1.78. The largest absolute Gasteiger partial charge is 0.355 e. The highest BCUT2D eigenvalue weighted by molar-refractivity contribution is 5.89. The fourth-order valence-corrected chi connectivity index (χ4v) is 1.72. The van der Waals surface area contributed by atoms with E-state index in [4.69, 9.17) is 0 Å². The Morgan fingerprint density at radius 2 is 1.59 bits per heavy atom. The Kier molecular flexibility index (Phi) is 3.55. The minimum Gasteiger partial charge on any atom is -0.355 e. The zero-order valence-corrected chi connectivity index (χ0v) is 10.1. The molecular formula is C15H16N2. The van der Waals surface area contributed by atoms with Crippen molar-refractivity contribution in [2.75, 3.05) is 12.4 Å². The second kappa shape index (κ2) is 5.30. The quantitative estimate of drug-likeness (QED) is 0.788. The molecule has 2 rings (SSSR count). The molecule has 17 heavy (non-hydrogen) atoms. The predicted molar refractivity (Wildman–Crippen MR) is 74.4 cm³/mol. The molecule has 0 aromatic heterocycles. The van der Waals surface area contributed by atoms with Crippen LogP contribution in [0.25, 0.3) is 0 Å². The number of nitrogens with one attached hydrogen (secondary N) is 1. The molecule has 2 aromatic carbocycles. The summed E-state index contributed by atoms with van der Waals surface area (Å²) in [6.07, 6.45) is 1.86. The molecule has 2 aromatic rings. The third-order valence-electron chi connectivity index (χ3n) is 2.64. The molecule has 1 N–H and O–H groups in total. The molecule has 2 nitrogen and oxygen atoms in total. The van der Waals surface area contributed by atoms with Gasteiger partial charge in [0, 0.05) is 30.2 Å². The van der Waals surface area contributed by atoms with Gasteiger partial charge in [-0.2, -0.15) is 0 Å². The number of hydrogen-bond donors (Lipinski definition) is 1. The summed E-state index contributed by atoms with van der Waals surface area (Å²) >= 11 is 0. The van der Waals surface area contributed by atoms with Crippen molar-refractivity contribution in [3.8, 4) is 0 Å². The maximum atomic E-state index is 4.07. The van der Waals surface area contributed by atoms with Crippen LogP contribution in [0.4, 0.5) is 11.4 Å². The Balaban J connectivity index is 2.33. The van der Waals surface area contributed by atoms with Crippen LogP contribution in [-0.4, -0.2) is 13.3 Å². The van der Waals surface area contributed by atoms with E-state index in [1.165, 1.54) is 5.56 Å². The van der Waals surface area contributed by atoms with E-state index >= 15 is 0 Å². The first-order valence-electron chi connectivity index (χ1n) is 5.65. The molecule has 0 aliphatic heterocycles. The smallest absolute Gasteiger partial charge is 0.0473 e. The van der Waals surface area contributed by atoms with Crippen molar-refractivity contribution >= 4 is 17.6 Å². The number of nitrogens with zero attached hydrogens (tertiary/aromatic N) is 1. The fourth-order valence-electron chi connectivity index (χ4n) is 1.72. The average Bonchev–Trinajstić information content (AvgIpc) is 2.35. The molecule has 0 spiro atoms. The second-order valence-electron chi connectivity index (χ2n) is 3.91. The standard InChI is InChI=1S/C15H16N2/c1-12-7-3-5-9-14(12)17-15-10-6-4-8-13(15)11-16-2/h3-11,17H,1-2H3. The number of aryl methyl sites for hydroxylation is 1. The lowest BCUT2D eigenvalue weighted by atomic mass is 10.1. The molecule has 0 bridgehead atoms. The van der Waals surface area contributed by atoms with Crippen molar-refractivity contribution in [3.63, 3.8) is 0 Å². The summed E-state index contributed by atoms with van der Waals surface area (Å²) < 4.78 is 0. The van der Waals surface area contributed by atoms with Crippen LogP contribution in [0.5, 0.6) is 0 Å². The van der Waals surface area contributed by atoms with E-state index in [0.717, 1.165) is 16.9 Å². The lowest BCUT2D eigenvalue weighted by molar-refractivity contribution is 1.42. The molecule has 2 heteroatoms. The molecule has 0 saturated heterocycles. The lowest BCUT2D eigenvalue weighted by Gasteiger charge is -2.11. The third kappa shape index (κ3) is 2.72. The number of anilines is 2. The van der Waals surface area contributed by atoms with E-state index in [9.17, 15) is 0 Å². The van der Waals surface area contributed by atoms with E-state index in [-0.39, 0.29) is 0 Å². The van der Waals surface area contributed by atoms with E-state index in [2.05, 4.69) is 35.4 Å². The number of benzene rings is 2. The Labute approximate surface area is 102 Å². The van der Waals surface area contributed by atoms with Crippen molar-refractivity contribution < 1.29 is 0 Å². The summed E-state index contributed by atoms with van der Waals surface area (Å²) in [5.41, 5.74) is 4.53. The first-order chi connectivity index (χ1) is 8.31. The molecule has 0 saturated carbocycles. The van der Waals surface area contributed by atoms with Gasteiger partial charge in [-0.3, -0.25) is 4.99 Å². The van der Waals surface area contributed by atoms with Crippen molar-refractivity contribution in [1.82, 2.24) is 0 Å². The van der Waals surface area contributed by atoms with Crippen LogP contribution in [0, 0.1) is 6.92 Å². The van der Waals surface area contributed by atoms with Crippen molar-refractivity contribution in [1.29, 1.82) is 0 Å². The Hall–Kier alpha value is -2.09. The van der Waals surface area contributed by atoms with Gasteiger partial charge in [-0.15, -0.1) is 0 Å². The molecular weight excluding hydrogens is 208 g/mol. The highest BCUT2D eigenvalue weighted by Crippen LogP contribution is 2.22. The van der Waals surface area contributed by atoms with Gasteiger partial charge >= 0.3 is 0 Å². The SMILES string of the molecule is CN=Cc1ccccc1Nc1ccccc1C. The van der Waals surface area contributed by atoms with E-state index in [1.807, 2.05) is 36.5 Å². The summed E-state index contributed by atoms with van der Waals surface area (Å²) in [5, 5.41) is 3.43. The Morgan fingerprint density at radius 3 is 2.29 bits per heavy atom. The molecule has 0 amide bonds. The number of hydrogen-bond acceptors (Lipinski definition) is 2. The monoisotopic (exact) mass is 224 g/mol. The van der Waals surface area contributed by atoms with Crippen molar-refractivity contribution in [3.05, 3.63) is 59.7 Å². The van der Waals surface area contributed by atoms with Crippen LogP contribution in [0.3, 0.4) is 0 Å². The number of aliphatic imine (C=N–C) groups is 1. The van der Waals surface area contributed by atoms with Crippen LogP contribution in [0.1, 0.15) is 11.1 Å². The van der Waals surface area contributed by atoms with Gasteiger partial charge in [-0.05, 0) is 24.6 Å². The summed E-state index contributed by atoms with van der Waals surface area (Å²) in [4.78, 5) is 4.07. The topological polar surface area (TPSA) is 24.4 Å². The predicted octanol–water partition coefficient (Wildman–Crippen LogP) is 3.79. The Bertz CT molecular complexity index is 530. The van der Waals surface area contributed by atoms with Crippen LogP contribution in [0.2, 0.25) is 0 Å². The van der Waals surface area contributed by atoms with Gasteiger partial charge in [0.15, 0.2) is 0 Å². The molecule has 0 unspecified atom stereocenters. The summed E-state index contributed by atoms with van der Waals surface area (Å²) in [6.45, 7) is 2.10. The first-order valence-corrected chi connectivity index (χ1v) is 5.65. The second-order valence-corrected chi connectivity index (χ2v) is 3.91. The Morgan fingerprint density at radius 1 is 0.941 bits per heavy atom. The van der Waals surface area contributed by atoms with Gasteiger partial charge in [0.25, 0.3) is 0 Å². The minimum absolute atomic E-state index is 1.08. The maximum absolute atomic E-state index is 4.07. The molecule has 0 aliphatic rings. The van der Waals surface area contributed by atoms with Crippen LogP contribution in [0.15, 0.2) is 53.5 Å². The average molecular weight is 224 g/mol. The summed E-state index contributed by atoms with van der Waals surface area (Å²) in [6, 6.07) is 16.4. The van der Waals surface area contributed by atoms with E-state index < -0.39 is 0 Å². The van der Waals surface area contributed by atoms with Crippen molar-refractivity contribution in [2.24, 2.45) is 4.99 Å².